The zero-order valence-corrected chi connectivity index (χ0v) is 5.35. The second-order valence-electron chi connectivity index (χ2n) is 1.22. The Morgan fingerprint density at radius 3 is 2.38 bits per heavy atom. The average molecular weight is 120 g/mol. The SMILES string of the molecule is CCOCOCOC. The van der Waals surface area contributed by atoms with Crippen LogP contribution in [-0.4, -0.2) is 27.3 Å². The van der Waals surface area contributed by atoms with Crippen LogP contribution in [0.15, 0.2) is 0 Å². The minimum Gasteiger partial charge on any atom is -0.359 e. The van der Waals surface area contributed by atoms with Crippen LogP contribution < -0.4 is 0 Å². The van der Waals surface area contributed by atoms with E-state index in [4.69, 9.17) is 9.47 Å². The molecule has 3 nitrogen and oxygen atoms in total. The third-order valence-corrected chi connectivity index (χ3v) is 0.572. The molecule has 8 heavy (non-hydrogen) atoms. The second kappa shape index (κ2) is 6.88. The lowest BCUT2D eigenvalue weighted by Gasteiger charge is -2.00. The van der Waals surface area contributed by atoms with Crippen LogP contribution in [0.4, 0.5) is 0 Å². The van der Waals surface area contributed by atoms with E-state index in [0.29, 0.717) is 20.2 Å². The molecule has 0 saturated carbocycles. The van der Waals surface area contributed by atoms with Gasteiger partial charge in [-0.1, -0.05) is 0 Å². The van der Waals surface area contributed by atoms with Crippen LogP contribution in [0, 0.1) is 0 Å². The summed E-state index contributed by atoms with van der Waals surface area (Å²) in [5.74, 6) is 0. The van der Waals surface area contributed by atoms with Gasteiger partial charge in [-0.2, -0.15) is 0 Å². The van der Waals surface area contributed by atoms with E-state index in [-0.39, 0.29) is 0 Å². The molecule has 0 unspecified atom stereocenters. The molecule has 0 aromatic carbocycles. The maximum Gasteiger partial charge on any atom is 0.149 e. The first-order chi connectivity index (χ1) is 3.91. The van der Waals surface area contributed by atoms with Crippen molar-refractivity contribution in [2.24, 2.45) is 0 Å². The van der Waals surface area contributed by atoms with Crippen LogP contribution in [0.1, 0.15) is 6.92 Å². The van der Waals surface area contributed by atoms with Crippen LogP contribution in [0.2, 0.25) is 0 Å². The third-order valence-electron chi connectivity index (χ3n) is 0.572. The number of ether oxygens (including phenoxy) is 3. The summed E-state index contributed by atoms with van der Waals surface area (Å²) in [6.07, 6.45) is 0. The van der Waals surface area contributed by atoms with Gasteiger partial charge in [0.2, 0.25) is 0 Å². The first kappa shape index (κ1) is 7.88. The highest BCUT2D eigenvalue weighted by atomic mass is 16.7. The van der Waals surface area contributed by atoms with Crippen LogP contribution in [-0.2, 0) is 14.2 Å². The van der Waals surface area contributed by atoms with Gasteiger partial charge >= 0.3 is 0 Å². The average Bonchev–Trinajstić information content (AvgIpc) is 1.81. The second-order valence-corrected chi connectivity index (χ2v) is 1.22. The van der Waals surface area contributed by atoms with Gasteiger partial charge in [0.1, 0.15) is 13.6 Å². The predicted molar refractivity (Wildman–Crippen MR) is 29.5 cm³/mol. The van der Waals surface area contributed by atoms with Gasteiger partial charge in [0.05, 0.1) is 0 Å². The molecule has 0 radical (unpaired) electrons. The summed E-state index contributed by atoms with van der Waals surface area (Å²) in [6, 6.07) is 0. The molecular weight excluding hydrogens is 108 g/mol. The fourth-order valence-electron chi connectivity index (χ4n) is 0.260. The molecule has 0 aliphatic carbocycles. The summed E-state index contributed by atoms with van der Waals surface area (Å²) in [4.78, 5) is 0. The number of hydrogen-bond acceptors (Lipinski definition) is 3. The zero-order chi connectivity index (χ0) is 6.24. The Labute approximate surface area is 49.5 Å². The molecule has 0 aliphatic rings. The van der Waals surface area contributed by atoms with Crippen LogP contribution in [0.5, 0.6) is 0 Å². The van der Waals surface area contributed by atoms with E-state index in [2.05, 4.69) is 4.74 Å². The molecule has 50 valence electrons. The van der Waals surface area contributed by atoms with Crippen molar-refractivity contribution in [3.8, 4) is 0 Å². The molecule has 0 atom stereocenters. The van der Waals surface area contributed by atoms with E-state index in [1.165, 1.54) is 0 Å². The van der Waals surface area contributed by atoms with Crippen molar-refractivity contribution in [2.75, 3.05) is 27.3 Å². The lowest BCUT2D eigenvalue weighted by molar-refractivity contribution is -0.117. The first-order valence-electron chi connectivity index (χ1n) is 2.56. The molecule has 0 amide bonds. The lowest BCUT2D eigenvalue weighted by atomic mass is 10.9. The lowest BCUT2D eigenvalue weighted by Crippen LogP contribution is -2.01. The third kappa shape index (κ3) is 5.88. The van der Waals surface area contributed by atoms with Gasteiger partial charge in [0.15, 0.2) is 0 Å². The molecule has 0 bridgehead atoms. The molecule has 0 saturated heterocycles. The summed E-state index contributed by atoms with van der Waals surface area (Å²) >= 11 is 0. The molecule has 0 fully saturated rings. The highest BCUT2D eigenvalue weighted by Crippen LogP contribution is 1.76. The van der Waals surface area contributed by atoms with Gasteiger partial charge in [-0.3, -0.25) is 0 Å². The quantitative estimate of drug-likeness (QED) is 0.393. The van der Waals surface area contributed by atoms with Crippen LogP contribution in [0.25, 0.3) is 0 Å². The van der Waals surface area contributed by atoms with E-state index in [1.807, 2.05) is 6.92 Å². The Bertz CT molecular complexity index is 32.7. The Hall–Kier alpha value is -0.120. The van der Waals surface area contributed by atoms with Crippen molar-refractivity contribution in [3.63, 3.8) is 0 Å². The van der Waals surface area contributed by atoms with Crippen molar-refractivity contribution in [1.82, 2.24) is 0 Å². The molecule has 0 aromatic rings. The van der Waals surface area contributed by atoms with Crippen molar-refractivity contribution in [2.45, 2.75) is 6.92 Å². The summed E-state index contributed by atoms with van der Waals surface area (Å²) in [5, 5.41) is 0. The van der Waals surface area contributed by atoms with E-state index >= 15 is 0 Å². The van der Waals surface area contributed by atoms with E-state index in [1.54, 1.807) is 7.11 Å². The normalized spacial score (nSPS) is 9.75. The van der Waals surface area contributed by atoms with E-state index in [9.17, 15) is 0 Å². The van der Waals surface area contributed by atoms with Gasteiger partial charge in [0.25, 0.3) is 0 Å². The zero-order valence-electron chi connectivity index (χ0n) is 5.35. The number of rotatable bonds is 5. The van der Waals surface area contributed by atoms with Crippen molar-refractivity contribution < 1.29 is 14.2 Å². The van der Waals surface area contributed by atoms with E-state index < -0.39 is 0 Å². The molecular formula is C5H12O3. The minimum atomic E-state index is 0.306. The molecule has 0 N–H and O–H groups in total. The minimum absolute atomic E-state index is 0.306. The monoisotopic (exact) mass is 120 g/mol. The fraction of sp³-hybridized carbons (Fsp3) is 1.00. The largest absolute Gasteiger partial charge is 0.359 e. The molecule has 0 spiro atoms. The highest BCUT2D eigenvalue weighted by Gasteiger charge is 1.80. The maximum absolute atomic E-state index is 4.83. The molecule has 3 heteroatoms. The smallest absolute Gasteiger partial charge is 0.149 e. The van der Waals surface area contributed by atoms with Gasteiger partial charge in [0, 0.05) is 13.7 Å². The number of hydrogen-bond donors (Lipinski definition) is 0. The van der Waals surface area contributed by atoms with Crippen LogP contribution >= 0.6 is 0 Å². The van der Waals surface area contributed by atoms with Gasteiger partial charge < -0.3 is 14.2 Å². The summed E-state index contributed by atoms with van der Waals surface area (Å²) < 4.78 is 14.2. The maximum atomic E-state index is 4.83. The summed E-state index contributed by atoms with van der Waals surface area (Å²) in [7, 11) is 1.58. The Morgan fingerprint density at radius 2 is 1.88 bits per heavy atom. The summed E-state index contributed by atoms with van der Waals surface area (Å²) in [5.41, 5.74) is 0. The fourth-order valence-corrected chi connectivity index (χ4v) is 0.260. The molecule has 0 rings (SSSR count). The van der Waals surface area contributed by atoms with Crippen molar-refractivity contribution in [3.05, 3.63) is 0 Å². The first-order valence-corrected chi connectivity index (χ1v) is 2.56. The van der Waals surface area contributed by atoms with Crippen molar-refractivity contribution in [1.29, 1.82) is 0 Å². The standard InChI is InChI=1S/C5H12O3/c1-3-7-5-8-4-6-2/h3-5H2,1-2H3. The van der Waals surface area contributed by atoms with Gasteiger partial charge in [-0.05, 0) is 6.92 Å². The topological polar surface area (TPSA) is 27.7 Å². The number of methoxy groups -OCH3 is 1. The van der Waals surface area contributed by atoms with E-state index in [0.717, 1.165) is 0 Å². The van der Waals surface area contributed by atoms with Crippen molar-refractivity contribution >= 4 is 0 Å². The molecule has 0 aromatic heterocycles. The Balaban J connectivity index is 2.53. The Kier molecular flexibility index (Phi) is 6.78. The van der Waals surface area contributed by atoms with Gasteiger partial charge in [-0.25, -0.2) is 0 Å². The van der Waals surface area contributed by atoms with Gasteiger partial charge in [-0.15, -0.1) is 0 Å². The predicted octanol–water partition coefficient (Wildman–Crippen LogP) is 0.601. The highest BCUT2D eigenvalue weighted by molar-refractivity contribution is 4.05. The summed E-state index contributed by atoms with van der Waals surface area (Å²) in [6.45, 7) is 3.23. The van der Waals surface area contributed by atoms with Crippen LogP contribution in [0.3, 0.4) is 0 Å². The Morgan fingerprint density at radius 1 is 1.12 bits per heavy atom. The molecule has 0 aliphatic heterocycles. The molecule has 0 heterocycles.